The van der Waals surface area contributed by atoms with Crippen molar-refractivity contribution >= 4 is 28.8 Å². The maximum Gasteiger partial charge on any atom is 0.327 e. The second-order valence-corrected chi connectivity index (χ2v) is 6.94. The molecular formula is C17H23NO4S. The number of amides is 1. The van der Waals surface area contributed by atoms with Gasteiger partial charge >= 0.3 is 5.97 Å². The molecule has 0 aliphatic rings. The molecule has 23 heavy (non-hydrogen) atoms. The number of benzene rings is 1. The van der Waals surface area contributed by atoms with Crippen LogP contribution in [0.1, 0.15) is 31.9 Å². The van der Waals surface area contributed by atoms with E-state index < -0.39 is 17.9 Å². The first-order chi connectivity index (χ1) is 10.8. The quantitative estimate of drug-likeness (QED) is 0.760. The summed E-state index contributed by atoms with van der Waals surface area (Å²) in [5.41, 5.74) is 2.14. The van der Waals surface area contributed by atoms with E-state index in [1.807, 2.05) is 24.3 Å². The van der Waals surface area contributed by atoms with Gasteiger partial charge in [0.25, 0.3) is 0 Å². The number of carbonyl (C=O) groups is 3. The van der Waals surface area contributed by atoms with E-state index in [0.717, 1.165) is 23.7 Å². The van der Waals surface area contributed by atoms with Gasteiger partial charge in [0.2, 0.25) is 5.91 Å². The molecule has 1 aromatic rings. The van der Waals surface area contributed by atoms with E-state index in [1.165, 1.54) is 12.5 Å². The lowest BCUT2D eigenvalue weighted by atomic mass is 10.0. The Morgan fingerprint density at radius 3 is 2.17 bits per heavy atom. The van der Waals surface area contributed by atoms with Crippen molar-refractivity contribution in [3.8, 4) is 0 Å². The third-order valence-corrected chi connectivity index (χ3v) is 4.07. The first-order valence-electron chi connectivity index (χ1n) is 7.51. The van der Waals surface area contributed by atoms with Crippen LogP contribution in [0.5, 0.6) is 0 Å². The summed E-state index contributed by atoms with van der Waals surface area (Å²) < 4.78 is 0. The van der Waals surface area contributed by atoms with Gasteiger partial charge in [0.05, 0.1) is 0 Å². The van der Waals surface area contributed by atoms with Gasteiger partial charge < -0.3 is 10.4 Å². The molecule has 0 saturated heterocycles. The topological polar surface area (TPSA) is 83.5 Å². The highest BCUT2D eigenvalue weighted by Crippen LogP contribution is 2.14. The number of rotatable bonds is 8. The number of thioether (sulfide) groups is 1. The molecular weight excluding hydrogens is 314 g/mol. The Labute approximate surface area is 140 Å². The molecule has 1 amide bonds. The summed E-state index contributed by atoms with van der Waals surface area (Å²) in [6.45, 7) is 5.56. The lowest BCUT2D eigenvalue weighted by Crippen LogP contribution is -2.41. The van der Waals surface area contributed by atoms with Crippen LogP contribution in [0.15, 0.2) is 24.3 Å². The second-order valence-electron chi connectivity index (χ2n) is 5.87. The average Bonchev–Trinajstić information content (AvgIpc) is 2.44. The first kappa shape index (κ1) is 19.2. The van der Waals surface area contributed by atoms with Crippen LogP contribution in [-0.4, -0.2) is 33.9 Å². The number of carboxylic acid groups (broad SMARTS) is 1. The van der Waals surface area contributed by atoms with Crippen molar-refractivity contribution in [1.82, 2.24) is 5.32 Å². The van der Waals surface area contributed by atoms with E-state index in [4.69, 9.17) is 5.11 Å². The zero-order valence-electron chi connectivity index (χ0n) is 13.7. The highest BCUT2D eigenvalue weighted by Gasteiger charge is 2.20. The van der Waals surface area contributed by atoms with Crippen LogP contribution in [0.2, 0.25) is 0 Å². The molecule has 0 bridgehead atoms. The molecule has 0 spiro atoms. The molecule has 1 rings (SSSR count). The zero-order valence-corrected chi connectivity index (χ0v) is 14.5. The molecule has 126 valence electrons. The number of carboxylic acids is 1. The summed E-state index contributed by atoms with van der Waals surface area (Å²) in [5, 5.41) is 11.2. The van der Waals surface area contributed by atoms with E-state index >= 15 is 0 Å². The van der Waals surface area contributed by atoms with Gasteiger partial charge in [0, 0.05) is 19.1 Å². The van der Waals surface area contributed by atoms with Crippen molar-refractivity contribution in [2.75, 3.05) is 5.75 Å². The predicted octanol–water partition coefficient (Wildman–Crippen LogP) is 2.28. The smallest absolute Gasteiger partial charge is 0.327 e. The third kappa shape index (κ3) is 7.83. The minimum atomic E-state index is -1.14. The fourth-order valence-electron chi connectivity index (χ4n) is 2.08. The number of aliphatic carboxylic acids is 1. The Bertz CT molecular complexity index is 554. The molecule has 1 aromatic carbocycles. The molecule has 5 nitrogen and oxygen atoms in total. The van der Waals surface area contributed by atoms with Crippen molar-refractivity contribution in [3.63, 3.8) is 0 Å². The summed E-state index contributed by atoms with van der Waals surface area (Å²) >= 11 is 0.930. The predicted molar refractivity (Wildman–Crippen MR) is 91.4 cm³/mol. The zero-order chi connectivity index (χ0) is 17.4. The number of hydrogen-bond acceptors (Lipinski definition) is 4. The lowest BCUT2D eigenvalue weighted by molar-refractivity contribution is -0.140. The van der Waals surface area contributed by atoms with Crippen LogP contribution >= 0.6 is 11.8 Å². The molecule has 1 atom stereocenters. The minimum Gasteiger partial charge on any atom is -0.480 e. The molecule has 0 aliphatic carbocycles. The van der Waals surface area contributed by atoms with E-state index in [1.54, 1.807) is 0 Å². The van der Waals surface area contributed by atoms with Crippen LogP contribution in [0.25, 0.3) is 0 Å². The maximum atomic E-state index is 11.9. The third-order valence-electron chi connectivity index (χ3n) is 3.10. The van der Waals surface area contributed by atoms with Gasteiger partial charge in [-0.3, -0.25) is 9.59 Å². The molecule has 2 N–H and O–H groups in total. The molecule has 6 heteroatoms. The summed E-state index contributed by atoms with van der Waals surface area (Å²) in [4.78, 5) is 33.9. The molecule has 0 heterocycles. The van der Waals surface area contributed by atoms with E-state index in [9.17, 15) is 14.4 Å². The molecule has 0 radical (unpaired) electrons. The lowest BCUT2D eigenvalue weighted by Gasteiger charge is -2.12. The molecule has 0 aromatic heterocycles. The highest BCUT2D eigenvalue weighted by atomic mass is 32.2. The average molecular weight is 337 g/mol. The Hall–Kier alpha value is -1.82. The maximum absolute atomic E-state index is 11.9. The van der Waals surface area contributed by atoms with Gasteiger partial charge in [0.15, 0.2) is 5.12 Å². The fourth-order valence-corrected chi connectivity index (χ4v) is 2.93. The second kappa shape index (κ2) is 9.35. The van der Waals surface area contributed by atoms with Crippen LogP contribution in [0.4, 0.5) is 0 Å². The van der Waals surface area contributed by atoms with Crippen LogP contribution in [0.3, 0.4) is 0 Å². The summed E-state index contributed by atoms with van der Waals surface area (Å²) in [7, 11) is 0. The van der Waals surface area contributed by atoms with E-state index in [0.29, 0.717) is 5.92 Å². The Kier molecular flexibility index (Phi) is 7.81. The summed E-state index contributed by atoms with van der Waals surface area (Å²) in [6.07, 6.45) is 1.25. The van der Waals surface area contributed by atoms with Gasteiger partial charge in [-0.2, -0.15) is 0 Å². The molecule has 0 fully saturated rings. The van der Waals surface area contributed by atoms with Gasteiger partial charge in [-0.25, -0.2) is 4.79 Å². The molecule has 0 saturated carbocycles. The molecule has 1 unspecified atom stereocenters. The Morgan fingerprint density at radius 1 is 1.13 bits per heavy atom. The Balaban J connectivity index is 2.49. The normalized spacial score (nSPS) is 12.0. The summed E-state index contributed by atoms with van der Waals surface area (Å²) in [6, 6.07) is 6.85. The monoisotopic (exact) mass is 337 g/mol. The van der Waals surface area contributed by atoms with Crippen molar-refractivity contribution < 1.29 is 19.5 Å². The number of nitrogens with one attached hydrogen (secondary N) is 1. The molecule has 0 aliphatic heterocycles. The van der Waals surface area contributed by atoms with E-state index in [-0.39, 0.29) is 17.3 Å². The first-order valence-corrected chi connectivity index (χ1v) is 8.49. The van der Waals surface area contributed by atoms with Crippen molar-refractivity contribution in [1.29, 1.82) is 0 Å². The van der Waals surface area contributed by atoms with Gasteiger partial charge in [-0.15, -0.1) is 0 Å². The van der Waals surface area contributed by atoms with Gasteiger partial charge in [-0.05, 0) is 23.5 Å². The van der Waals surface area contributed by atoms with Crippen LogP contribution in [0, 0.1) is 5.92 Å². The standard InChI is InChI=1S/C17H23NO4S/c1-11(2)8-13-4-6-14(7-5-13)9-16(20)23-10-15(17(21)22)18-12(3)19/h4-7,11,15H,8-10H2,1-3H3,(H,18,19)(H,21,22). The largest absolute Gasteiger partial charge is 0.480 e. The van der Waals surface area contributed by atoms with Crippen molar-refractivity contribution in [2.45, 2.75) is 39.7 Å². The summed E-state index contributed by atoms with van der Waals surface area (Å²) in [5.74, 6) is -0.955. The Morgan fingerprint density at radius 2 is 1.70 bits per heavy atom. The van der Waals surface area contributed by atoms with Gasteiger partial charge in [0.1, 0.15) is 6.04 Å². The van der Waals surface area contributed by atoms with Gasteiger partial charge in [-0.1, -0.05) is 49.9 Å². The minimum absolute atomic E-state index is 0.0270. The fraction of sp³-hybridized carbons (Fsp3) is 0.471. The van der Waals surface area contributed by atoms with Crippen LogP contribution in [-0.2, 0) is 27.2 Å². The number of carbonyl (C=O) groups excluding carboxylic acids is 2. The van der Waals surface area contributed by atoms with E-state index in [2.05, 4.69) is 19.2 Å². The van der Waals surface area contributed by atoms with Crippen LogP contribution < -0.4 is 5.32 Å². The number of hydrogen-bond donors (Lipinski definition) is 2. The van der Waals surface area contributed by atoms with Crippen molar-refractivity contribution in [3.05, 3.63) is 35.4 Å². The van der Waals surface area contributed by atoms with Crippen molar-refractivity contribution in [2.24, 2.45) is 5.92 Å². The SMILES string of the molecule is CC(=O)NC(CSC(=O)Cc1ccc(CC(C)C)cc1)C(=O)O. The highest BCUT2D eigenvalue weighted by molar-refractivity contribution is 8.13.